The molecule has 1 aromatic carbocycles. The SMILES string of the molecule is C1=CC=CNC=C1.c1ccc2occc2c1. The van der Waals surface area contributed by atoms with Crippen molar-refractivity contribution in [3.8, 4) is 0 Å². The highest BCUT2D eigenvalue weighted by Crippen LogP contribution is 2.12. The molecule has 0 radical (unpaired) electrons. The maximum Gasteiger partial charge on any atom is 0.133 e. The van der Waals surface area contributed by atoms with Gasteiger partial charge < -0.3 is 9.73 Å². The van der Waals surface area contributed by atoms with E-state index in [4.69, 9.17) is 4.42 Å². The van der Waals surface area contributed by atoms with Crippen LogP contribution in [0.1, 0.15) is 0 Å². The quantitative estimate of drug-likeness (QED) is 0.720. The number of benzene rings is 1. The van der Waals surface area contributed by atoms with Gasteiger partial charge in [-0.3, -0.25) is 0 Å². The van der Waals surface area contributed by atoms with Crippen LogP contribution < -0.4 is 5.32 Å². The molecule has 0 saturated heterocycles. The number of hydrogen-bond acceptors (Lipinski definition) is 2. The van der Waals surface area contributed by atoms with Gasteiger partial charge in [-0.15, -0.1) is 0 Å². The molecule has 0 bridgehead atoms. The minimum atomic E-state index is 0.956. The molecule has 0 atom stereocenters. The van der Waals surface area contributed by atoms with Crippen LogP contribution in [-0.4, -0.2) is 0 Å². The first-order valence-corrected chi connectivity index (χ1v) is 5.13. The fraction of sp³-hybridized carbons (Fsp3) is 0. The summed E-state index contributed by atoms with van der Waals surface area (Å²) in [5, 5.41) is 4.09. The summed E-state index contributed by atoms with van der Waals surface area (Å²) in [6.07, 6.45) is 13.3. The highest BCUT2D eigenvalue weighted by molar-refractivity contribution is 5.76. The third kappa shape index (κ3) is 2.89. The maximum atomic E-state index is 5.12. The smallest absolute Gasteiger partial charge is 0.133 e. The molecule has 0 spiro atoms. The average molecular weight is 211 g/mol. The molecule has 0 unspecified atom stereocenters. The number of hydrogen-bond donors (Lipinski definition) is 1. The molecule has 1 aliphatic rings. The number of rotatable bonds is 0. The molecule has 0 saturated carbocycles. The predicted octanol–water partition coefficient (Wildman–Crippen LogP) is 3.61. The molecule has 1 N–H and O–H groups in total. The van der Waals surface area contributed by atoms with Gasteiger partial charge in [0.15, 0.2) is 0 Å². The molecule has 1 aromatic heterocycles. The van der Waals surface area contributed by atoms with Crippen LogP contribution in [0, 0.1) is 0 Å². The van der Waals surface area contributed by atoms with Crippen LogP contribution >= 0.6 is 0 Å². The molecule has 0 aliphatic carbocycles. The molecule has 0 amide bonds. The van der Waals surface area contributed by atoms with Crippen molar-refractivity contribution in [2.75, 3.05) is 0 Å². The summed E-state index contributed by atoms with van der Waals surface area (Å²) in [6.45, 7) is 0. The van der Waals surface area contributed by atoms with Gasteiger partial charge in [-0.25, -0.2) is 0 Å². The Morgan fingerprint density at radius 2 is 1.56 bits per heavy atom. The Balaban J connectivity index is 0.000000125. The van der Waals surface area contributed by atoms with Gasteiger partial charge in [0.1, 0.15) is 5.58 Å². The summed E-state index contributed by atoms with van der Waals surface area (Å²) in [7, 11) is 0. The minimum absolute atomic E-state index is 0.956. The summed E-state index contributed by atoms with van der Waals surface area (Å²) in [4.78, 5) is 0. The Kier molecular flexibility index (Phi) is 3.61. The Hall–Kier alpha value is -2.22. The lowest BCUT2D eigenvalue weighted by molar-refractivity contribution is 0.616. The highest BCUT2D eigenvalue weighted by Gasteiger charge is 1.89. The van der Waals surface area contributed by atoms with E-state index >= 15 is 0 Å². The van der Waals surface area contributed by atoms with Gasteiger partial charge in [-0.2, -0.15) is 0 Å². The lowest BCUT2D eigenvalue weighted by Crippen LogP contribution is -1.87. The van der Waals surface area contributed by atoms with Crippen molar-refractivity contribution < 1.29 is 4.42 Å². The van der Waals surface area contributed by atoms with Crippen molar-refractivity contribution in [1.29, 1.82) is 0 Å². The second-order valence-corrected chi connectivity index (χ2v) is 3.23. The van der Waals surface area contributed by atoms with Crippen LogP contribution in [0.15, 0.2) is 77.7 Å². The van der Waals surface area contributed by atoms with Gasteiger partial charge in [-0.05, 0) is 24.3 Å². The third-order valence-corrected chi connectivity index (χ3v) is 2.08. The van der Waals surface area contributed by atoms with E-state index in [9.17, 15) is 0 Å². The second kappa shape index (κ2) is 5.61. The van der Waals surface area contributed by atoms with E-state index in [0.717, 1.165) is 11.0 Å². The number of allylic oxidation sites excluding steroid dienone is 4. The fourth-order valence-electron chi connectivity index (χ4n) is 1.31. The van der Waals surface area contributed by atoms with Crippen molar-refractivity contribution in [1.82, 2.24) is 5.32 Å². The highest BCUT2D eigenvalue weighted by atomic mass is 16.3. The van der Waals surface area contributed by atoms with Gasteiger partial charge >= 0.3 is 0 Å². The molecule has 2 heteroatoms. The third-order valence-electron chi connectivity index (χ3n) is 2.08. The van der Waals surface area contributed by atoms with Crippen LogP contribution in [0.2, 0.25) is 0 Å². The van der Waals surface area contributed by atoms with E-state index in [2.05, 4.69) is 5.32 Å². The van der Waals surface area contributed by atoms with Crippen molar-refractivity contribution >= 4 is 11.0 Å². The summed E-state index contributed by atoms with van der Waals surface area (Å²) in [6, 6.07) is 9.90. The van der Waals surface area contributed by atoms with E-state index in [0.29, 0.717) is 0 Å². The van der Waals surface area contributed by atoms with Crippen molar-refractivity contribution in [2.45, 2.75) is 0 Å². The zero-order valence-corrected chi connectivity index (χ0v) is 8.84. The molecule has 16 heavy (non-hydrogen) atoms. The monoisotopic (exact) mass is 211 g/mol. The van der Waals surface area contributed by atoms with Gasteiger partial charge in [-0.1, -0.05) is 30.4 Å². The first-order chi connectivity index (χ1) is 7.97. The molecule has 2 aromatic rings. The molecule has 2 nitrogen and oxygen atoms in total. The lowest BCUT2D eigenvalue weighted by Gasteiger charge is -1.81. The maximum absolute atomic E-state index is 5.12. The van der Waals surface area contributed by atoms with E-state index < -0.39 is 0 Å². The van der Waals surface area contributed by atoms with E-state index in [-0.39, 0.29) is 0 Å². The van der Waals surface area contributed by atoms with Crippen molar-refractivity contribution in [3.05, 3.63) is 73.3 Å². The van der Waals surface area contributed by atoms with E-state index in [1.165, 1.54) is 0 Å². The Morgan fingerprint density at radius 1 is 0.812 bits per heavy atom. The molecular weight excluding hydrogens is 198 g/mol. The van der Waals surface area contributed by atoms with Crippen molar-refractivity contribution in [2.24, 2.45) is 0 Å². The van der Waals surface area contributed by atoms with Crippen molar-refractivity contribution in [3.63, 3.8) is 0 Å². The van der Waals surface area contributed by atoms with Gasteiger partial charge in [0.2, 0.25) is 0 Å². The van der Waals surface area contributed by atoms with Crippen LogP contribution in [0.25, 0.3) is 11.0 Å². The number of fused-ring (bicyclic) bond motifs is 1. The average Bonchev–Trinajstić information content (AvgIpc) is 2.61. The second-order valence-electron chi connectivity index (χ2n) is 3.23. The largest absolute Gasteiger partial charge is 0.464 e. The number of para-hydroxylation sites is 1. The molecule has 80 valence electrons. The summed E-state index contributed by atoms with van der Waals surface area (Å²) in [5.74, 6) is 0. The van der Waals surface area contributed by atoms with E-state index in [1.807, 2.05) is 67.0 Å². The van der Waals surface area contributed by atoms with Crippen LogP contribution in [0.4, 0.5) is 0 Å². The zero-order chi connectivity index (χ0) is 11.1. The Morgan fingerprint density at radius 3 is 2.31 bits per heavy atom. The summed E-state index contributed by atoms with van der Waals surface area (Å²) < 4.78 is 5.12. The molecule has 3 rings (SSSR count). The number of nitrogens with one attached hydrogen (secondary N) is 1. The van der Waals surface area contributed by atoms with Gasteiger partial charge in [0.05, 0.1) is 6.26 Å². The molecular formula is C14H13NO. The summed E-state index contributed by atoms with van der Waals surface area (Å²) >= 11 is 0. The Labute approximate surface area is 94.6 Å². The summed E-state index contributed by atoms with van der Waals surface area (Å²) in [5.41, 5.74) is 0.956. The van der Waals surface area contributed by atoms with Gasteiger partial charge in [0, 0.05) is 17.8 Å². The first kappa shape index (κ1) is 10.3. The standard InChI is InChI=1S/C8H6O.C6H7N/c1-2-4-8-7(3-1)5-6-9-8;1-2-4-6-7-5-3-1/h1-6H;1-7H. The zero-order valence-electron chi connectivity index (χ0n) is 8.84. The fourth-order valence-corrected chi connectivity index (χ4v) is 1.31. The first-order valence-electron chi connectivity index (χ1n) is 5.13. The lowest BCUT2D eigenvalue weighted by atomic mass is 10.3. The van der Waals surface area contributed by atoms with Crippen LogP contribution in [0.5, 0.6) is 0 Å². The van der Waals surface area contributed by atoms with E-state index in [1.54, 1.807) is 6.26 Å². The molecule has 1 aliphatic heterocycles. The normalized spacial score (nSPS) is 12.8. The topological polar surface area (TPSA) is 25.2 Å². The Bertz CT molecular complexity index is 476. The predicted molar refractivity (Wildman–Crippen MR) is 66.8 cm³/mol. The minimum Gasteiger partial charge on any atom is -0.464 e. The number of furan rings is 1. The van der Waals surface area contributed by atoms with Crippen LogP contribution in [0.3, 0.4) is 0 Å². The van der Waals surface area contributed by atoms with Crippen LogP contribution in [-0.2, 0) is 0 Å². The van der Waals surface area contributed by atoms with Gasteiger partial charge in [0.25, 0.3) is 0 Å². The molecule has 2 heterocycles. The molecule has 0 fully saturated rings.